The number of benzene rings is 2. The molecule has 2 aromatic carbocycles. The van der Waals surface area contributed by atoms with Gasteiger partial charge in [0.25, 0.3) is 5.56 Å². The molecule has 0 amide bonds. The number of nitrogens with one attached hydrogen (secondary N) is 1. The molecule has 170 valence electrons. The number of aliphatic imine (C=N–C) groups is 1. The van der Waals surface area contributed by atoms with Crippen molar-refractivity contribution in [3.63, 3.8) is 0 Å². The van der Waals surface area contributed by atoms with Crippen LogP contribution in [0.15, 0.2) is 57.1 Å². The van der Waals surface area contributed by atoms with Crippen LogP contribution in [-0.2, 0) is 6.54 Å². The van der Waals surface area contributed by atoms with E-state index in [9.17, 15) is 9.90 Å². The average molecular weight is 482 g/mol. The quantitative estimate of drug-likeness (QED) is 0.468. The molecule has 1 aromatic heterocycles. The maximum Gasteiger partial charge on any atom is 0.264 e. The summed E-state index contributed by atoms with van der Waals surface area (Å²) in [5.41, 5.74) is 2.06. The molecule has 0 radical (unpaired) electrons. The zero-order valence-electron chi connectivity index (χ0n) is 18.0. The molecule has 0 aliphatic carbocycles. The topological polar surface area (TPSA) is 88.8 Å². The molecule has 33 heavy (non-hydrogen) atoms. The third-order valence-corrected chi connectivity index (χ3v) is 7.38. The largest absolute Gasteiger partial charge is 0.494 e. The highest BCUT2D eigenvalue weighted by atomic mass is 32.2. The van der Waals surface area contributed by atoms with E-state index in [-0.39, 0.29) is 28.3 Å². The Hall–Kier alpha value is -3.04. The van der Waals surface area contributed by atoms with Crippen molar-refractivity contribution >= 4 is 35.4 Å². The van der Waals surface area contributed by atoms with E-state index in [4.69, 9.17) is 26.7 Å². The number of ether oxygens (including phenoxy) is 2. The number of hydrogen-bond donors (Lipinski definition) is 2. The first-order valence-electron chi connectivity index (χ1n) is 10.8. The molecule has 1 atom stereocenters. The van der Waals surface area contributed by atoms with Crippen LogP contribution in [0.3, 0.4) is 0 Å². The number of rotatable bonds is 5. The van der Waals surface area contributed by atoms with Gasteiger partial charge in [0.05, 0.1) is 11.4 Å². The SMILES string of the molecule is CCCCn1c(O)c(C2=Nc3ccccc3SC(c3ccc4c(c3)OCO4)C2)c(=O)[nH]c1=S. The van der Waals surface area contributed by atoms with Gasteiger partial charge in [-0.25, -0.2) is 0 Å². The van der Waals surface area contributed by atoms with Crippen LogP contribution in [0.25, 0.3) is 0 Å². The highest BCUT2D eigenvalue weighted by Crippen LogP contribution is 2.47. The smallest absolute Gasteiger partial charge is 0.264 e. The number of aromatic hydroxyl groups is 1. The number of para-hydroxylation sites is 1. The summed E-state index contributed by atoms with van der Waals surface area (Å²) in [6.07, 6.45) is 2.21. The van der Waals surface area contributed by atoms with Gasteiger partial charge in [0.1, 0.15) is 5.56 Å². The fourth-order valence-electron chi connectivity index (χ4n) is 4.01. The Balaban J connectivity index is 1.63. The van der Waals surface area contributed by atoms with E-state index in [1.807, 2.05) is 42.5 Å². The number of nitrogens with zero attached hydrogens (tertiary/aromatic N) is 2. The molecule has 2 aliphatic heterocycles. The summed E-state index contributed by atoms with van der Waals surface area (Å²) in [6, 6.07) is 13.7. The van der Waals surface area contributed by atoms with Gasteiger partial charge in [-0.3, -0.25) is 19.3 Å². The van der Waals surface area contributed by atoms with Crippen molar-refractivity contribution in [3.05, 3.63) is 68.7 Å². The van der Waals surface area contributed by atoms with E-state index >= 15 is 0 Å². The van der Waals surface area contributed by atoms with Gasteiger partial charge >= 0.3 is 0 Å². The van der Waals surface area contributed by atoms with Gasteiger partial charge in [-0.05, 0) is 48.5 Å². The lowest BCUT2D eigenvalue weighted by atomic mass is 10.0. The van der Waals surface area contributed by atoms with Crippen molar-refractivity contribution in [2.75, 3.05) is 6.79 Å². The van der Waals surface area contributed by atoms with Crippen LogP contribution in [0.1, 0.15) is 42.6 Å². The monoisotopic (exact) mass is 481 g/mol. The summed E-state index contributed by atoms with van der Waals surface area (Å²) in [5.74, 6) is 1.29. The zero-order chi connectivity index (χ0) is 22.9. The Bertz CT molecular complexity index is 1360. The van der Waals surface area contributed by atoms with Crippen LogP contribution in [0.2, 0.25) is 0 Å². The molecule has 2 aliphatic rings. The van der Waals surface area contributed by atoms with Crippen LogP contribution in [0.4, 0.5) is 5.69 Å². The first-order valence-corrected chi connectivity index (χ1v) is 12.1. The minimum absolute atomic E-state index is 0.0482. The first kappa shape index (κ1) is 21.8. The van der Waals surface area contributed by atoms with E-state index in [1.54, 1.807) is 16.3 Å². The Morgan fingerprint density at radius 3 is 2.91 bits per heavy atom. The highest BCUT2D eigenvalue weighted by Gasteiger charge is 2.28. The molecule has 3 aromatic rings. The molecule has 1 unspecified atom stereocenters. The fraction of sp³-hybridized carbons (Fsp3) is 0.292. The van der Waals surface area contributed by atoms with Crippen LogP contribution < -0.4 is 15.0 Å². The van der Waals surface area contributed by atoms with E-state index < -0.39 is 5.56 Å². The Morgan fingerprint density at radius 1 is 1.24 bits per heavy atom. The van der Waals surface area contributed by atoms with Gasteiger partial charge in [-0.15, -0.1) is 11.8 Å². The van der Waals surface area contributed by atoms with Crippen molar-refractivity contribution in [1.29, 1.82) is 0 Å². The molecule has 2 N–H and O–H groups in total. The second-order valence-corrected chi connectivity index (χ2v) is 9.54. The summed E-state index contributed by atoms with van der Waals surface area (Å²) in [4.78, 5) is 21.6. The van der Waals surface area contributed by atoms with Crippen molar-refractivity contribution in [2.45, 2.75) is 42.9 Å². The van der Waals surface area contributed by atoms with Crippen LogP contribution in [0.5, 0.6) is 17.4 Å². The Kier molecular flexibility index (Phi) is 5.99. The molecule has 0 fully saturated rings. The number of unbranched alkanes of at least 4 members (excludes halogenated alkanes) is 1. The van der Waals surface area contributed by atoms with Crippen LogP contribution in [0, 0.1) is 4.77 Å². The van der Waals surface area contributed by atoms with Crippen LogP contribution >= 0.6 is 24.0 Å². The maximum atomic E-state index is 13.0. The van der Waals surface area contributed by atoms with Gasteiger partial charge in [0.2, 0.25) is 12.7 Å². The third kappa shape index (κ3) is 4.18. The fourth-order valence-corrected chi connectivity index (χ4v) is 5.50. The minimum Gasteiger partial charge on any atom is -0.494 e. The van der Waals surface area contributed by atoms with E-state index in [1.165, 1.54) is 0 Å². The summed E-state index contributed by atoms with van der Waals surface area (Å²) in [6.45, 7) is 2.79. The summed E-state index contributed by atoms with van der Waals surface area (Å²) < 4.78 is 12.8. The van der Waals surface area contributed by atoms with Crippen LogP contribution in [-0.4, -0.2) is 27.2 Å². The molecular weight excluding hydrogens is 458 g/mol. The van der Waals surface area contributed by atoms with Gasteiger partial charge in [0.15, 0.2) is 16.3 Å². The Labute approximate surface area is 200 Å². The molecule has 9 heteroatoms. The molecule has 0 saturated carbocycles. The predicted molar refractivity (Wildman–Crippen MR) is 131 cm³/mol. The zero-order valence-corrected chi connectivity index (χ0v) is 19.7. The van der Waals surface area contributed by atoms with Gasteiger partial charge in [-0.2, -0.15) is 0 Å². The second kappa shape index (κ2) is 9.07. The van der Waals surface area contributed by atoms with Crippen molar-refractivity contribution in [2.24, 2.45) is 4.99 Å². The summed E-state index contributed by atoms with van der Waals surface area (Å²) in [7, 11) is 0. The lowest BCUT2D eigenvalue weighted by Crippen LogP contribution is -2.24. The molecule has 3 heterocycles. The Morgan fingerprint density at radius 2 is 2.06 bits per heavy atom. The predicted octanol–water partition coefficient (Wildman–Crippen LogP) is 5.50. The first-order chi connectivity index (χ1) is 16.0. The van der Waals surface area contributed by atoms with Gasteiger partial charge < -0.3 is 14.6 Å². The normalized spacial score (nSPS) is 16.8. The van der Waals surface area contributed by atoms with E-state index in [0.29, 0.717) is 24.4 Å². The third-order valence-electron chi connectivity index (χ3n) is 5.73. The van der Waals surface area contributed by atoms with Gasteiger partial charge in [0, 0.05) is 23.1 Å². The number of H-pyrrole nitrogens is 1. The maximum absolute atomic E-state index is 13.0. The molecule has 7 nitrogen and oxygen atoms in total. The lowest BCUT2D eigenvalue weighted by Gasteiger charge is -2.18. The standard InChI is InChI=1S/C24H23N3O4S2/c1-2-3-10-27-23(29)21(22(28)26-24(27)32)16-12-20(33-19-7-5-4-6-15(19)25-16)14-8-9-17-18(11-14)31-13-30-17/h4-9,11,20,29H,2-3,10,12-13H2,1H3,(H,26,28,32). The number of hydrogen-bond acceptors (Lipinski definition) is 7. The summed E-state index contributed by atoms with van der Waals surface area (Å²) >= 11 is 6.99. The van der Waals surface area contributed by atoms with Crippen molar-refractivity contribution in [1.82, 2.24) is 9.55 Å². The van der Waals surface area contributed by atoms with Crippen molar-refractivity contribution < 1.29 is 14.6 Å². The molecule has 0 saturated heterocycles. The van der Waals surface area contributed by atoms with E-state index in [0.717, 1.165) is 34.7 Å². The molecule has 5 rings (SSSR count). The highest BCUT2D eigenvalue weighted by molar-refractivity contribution is 7.99. The molecule has 0 spiro atoms. The summed E-state index contributed by atoms with van der Waals surface area (Å²) in [5, 5.41) is 11.1. The molecule has 0 bridgehead atoms. The number of aromatic nitrogens is 2. The number of aromatic amines is 1. The number of fused-ring (bicyclic) bond motifs is 2. The minimum atomic E-state index is -0.433. The molecular formula is C24H23N3O4S2. The lowest BCUT2D eigenvalue weighted by molar-refractivity contribution is 0.174. The van der Waals surface area contributed by atoms with E-state index in [2.05, 4.69) is 11.9 Å². The average Bonchev–Trinajstić information content (AvgIpc) is 3.18. The van der Waals surface area contributed by atoms with Crippen molar-refractivity contribution in [3.8, 4) is 17.4 Å². The van der Waals surface area contributed by atoms with Gasteiger partial charge in [-0.1, -0.05) is 31.5 Å². The second-order valence-electron chi connectivity index (χ2n) is 7.91. The number of thioether (sulfide) groups is 1.